The Morgan fingerprint density at radius 2 is 2.15 bits per heavy atom. The Labute approximate surface area is 120 Å². The topological polar surface area (TPSA) is 105 Å². The molecule has 1 aromatic rings. The third-order valence-corrected chi connectivity index (χ3v) is 5.56. The highest BCUT2D eigenvalue weighted by Crippen LogP contribution is 2.14. The van der Waals surface area contributed by atoms with Crippen LogP contribution >= 0.6 is 0 Å². The Hall–Kier alpha value is -1.19. The van der Waals surface area contributed by atoms with Crippen molar-refractivity contribution in [2.75, 3.05) is 12.8 Å². The molecule has 0 bridgehead atoms. The van der Waals surface area contributed by atoms with Crippen molar-refractivity contribution in [2.45, 2.75) is 30.5 Å². The molecule has 0 radical (unpaired) electrons. The van der Waals surface area contributed by atoms with E-state index in [0.29, 0.717) is 6.54 Å². The van der Waals surface area contributed by atoms with Gasteiger partial charge in [0.25, 0.3) is 0 Å². The van der Waals surface area contributed by atoms with E-state index in [1.807, 2.05) is 0 Å². The van der Waals surface area contributed by atoms with E-state index in [4.69, 9.17) is 5.11 Å². The van der Waals surface area contributed by atoms with Crippen LogP contribution in [0.3, 0.4) is 0 Å². The lowest BCUT2D eigenvalue weighted by molar-refractivity contribution is 0.0685. The molecular weight excluding hydrogens is 304 g/mol. The van der Waals surface area contributed by atoms with Crippen LogP contribution in [0.4, 0.5) is 0 Å². The largest absolute Gasteiger partial charge is 0.477 e. The number of nitrogens with one attached hydrogen (secondary N) is 1. The van der Waals surface area contributed by atoms with Crippen LogP contribution in [-0.4, -0.2) is 46.3 Å². The summed E-state index contributed by atoms with van der Waals surface area (Å²) in [6.45, 7) is 3.77. The summed E-state index contributed by atoms with van der Waals surface area (Å²) < 4.78 is 39.0. The number of carboxylic acids is 1. The molecule has 0 saturated carbocycles. The number of aromatic nitrogens is 1. The van der Waals surface area contributed by atoms with E-state index >= 15 is 0 Å². The molecule has 1 aromatic heterocycles. The van der Waals surface area contributed by atoms with Crippen LogP contribution in [0.2, 0.25) is 0 Å². The Morgan fingerprint density at radius 1 is 1.55 bits per heavy atom. The smallest absolute Gasteiger partial charge is 0.352 e. The molecule has 0 spiro atoms. The predicted molar refractivity (Wildman–Crippen MR) is 75.8 cm³/mol. The minimum absolute atomic E-state index is 0.0329. The van der Waals surface area contributed by atoms with E-state index < -0.39 is 26.8 Å². The van der Waals surface area contributed by atoms with Crippen molar-refractivity contribution in [3.8, 4) is 0 Å². The molecule has 1 heterocycles. The van der Waals surface area contributed by atoms with Gasteiger partial charge in [-0.3, -0.25) is 4.21 Å². The third kappa shape index (κ3) is 3.90. The zero-order valence-electron chi connectivity index (χ0n) is 11.5. The lowest BCUT2D eigenvalue weighted by atomic mass is 10.4. The average Bonchev–Trinajstić information content (AvgIpc) is 2.80. The molecule has 0 aliphatic heterocycles. The lowest BCUT2D eigenvalue weighted by Gasteiger charge is -2.09. The van der Waals surface area contributed by atoms with Crippen molar-refractivity contribution >= 4 is 26.8 Å². The summed E-state index contributed by atoms with van der Waals surface area (Å²) in [6, 6.07) is 1.11. The lowest BCUT2D eigenvalue weighted by Crippen LogP contribution is -2.32. The minimum Gasteiger partial charge on any atom is -0.477 e. The van der Waals surface area contributed by atoms with Gasteiger partial charge in [0, 0.05) is 41.6 Å². The van der Waals surface area contributed by atoms with Gasteiger partial charge in [-0.05, 0) is 19.9 Å². The van der Waals surface area contributed by atoms with Crippen molar-refractivity contribution in [1.82, 2.24) is 9.29 Å². The van der Waals surface area contributed by atoms with Crippen LogP contribution < -0.4 is 4.72 Å². The highest BCUT2D eigenvalue weighted by molar-refractivity contribution is 7.89. The molecule has 7 nitrogen and oxygen atoms in total. The van der Waals surface area contributed by atoms with Crippen molar-refractivity contribution in [3.05, 3.63) is 18.0 Å². The normalized spacial score (nSPS) is 14.9. The molecule has 2 unspecified atom stereocenters. The maximum absolute atomic E-state index is 12.0. The number of nitrogens with zero attached hydrogens (tertiary/aromatic N) is 1. The van der Waals surface area contributed by atoms with Crippen molar-refractivity contribution < 1.29 is 22.5 Å². The Bertz CT molecular complexity index is 621. The standard InChI is InChI=1S/C11H18N2O5S2/c1-4-13-7-9(5-10(13)11(14)15)20(17,18)12-6-8(2)19(3)16/h5,7-8,12H,4,6H2,1-3H3,(H,14,15). The molecule has 0 aliphatic carbocycles. The summed E-state index contributed by atoms with van der Waals surface area (Å²) in [6.07, 6.45) is 2.77. The van der Waals surface area contributed by atoms with Gasteiger partial charge in [0.15, 0.2) is 0 Å². The molecule has 0 aromatic carbocycles. The molecule has 0 aliphatic rings. The number of hydrogen-bond donors (Lipinski definition) is 2. The molecule has 2 atom stereocenters. The molecule has 1 rings (SSSR count). The first-order valence-electron chi connectivity index (χ1n) is 5.94. The van der Waals surface area contributed by atoms with Crippen molar-refractivity contribution in [3.63, 3.8) is 0 Å². The predicted octanol–water partition coefficient (Wildman–Crippen LogP) is 0.251. The monoisotopic (exact) mass is 322 g/mol. The van der Waals surface area contributed by atoms with Gasteiger partial charge in [0.05, 0.1) is 0 Å². The van der Waals surface area contributed by atoms with Gasteiger partial charge in [0.1, 0.15) is 10.6 Å². The Kier molecular flexibility index (Phi) is 5.49. The zero-order chi connectivity index (χ0) is 15.5. The average molecular weight is 322 g/mol. The van der Waals surface area contributed by atoms with Gasteiger partial charge in [-0.25, -0.2) is 17.9 Å². The fourth-order valence-electron chi connectivity index (χ4n) is 1.50. The van der Waals surface area contributed by atoms with Crippen molar-refractivity contribution in [2.24, 2.45) is 0 Å². The van der Waals surface area contributed by atoms with Crippen LogP contribution in [-0.2, 0) is 27.4 Å². The van der Waals surface area contributed by atoms with Crippen LogP contribution in [0.5, 0.6) is 0 Å². The van der Waals surface area contributed by atoms with Gasteiger partial charge in [0.2, 0.25) is 10.0 Å². The van der Waals surface area contributed by atoms with Gasteiger partial charge in [-0.1, -0.05) is 0 Å². The van der Waals surface area contributed by atoms with Crippen LogP contribution in [0, 0.1) is 0 Å². The minimum atomic E-state index is -3.80. The summed E-state index contributed by atoms with van der Waals surface area (Å²) in [5.74, 6) is -1.18. The van der Waals surface area contributed by atoms with Crippen molar-refractivity contribution in [1.29, 1.82) is 0 Å². The number of sulfonamides is 1. The molecule has 20 heavy (non-hydrogen) atoms. The van der Waals surface area contributed by atoms with Gasteiger partial charge >= 0.3 is 5.97 Å². The maximum atomic E-state index is 12.0. The summed E-state index contributed by atoms with van der Waals surface area (Å²) in [5, 5.41) is 8.67. The molecule has 2 N–H and O–H groups in total. The molecule has 0 fully saturated rings. The van der Waals surface area contributed by atoms with Crippen LogP contribution in [0.15, 0.2) is 17.2 Å². The first-order chi connectivity index (χ1) is 9.19. The summed E-state index contributed by atoms with van der Waals surface area (Å²) in [5.41, 5.74) is -0.0833. The molecule has 0 amide bonds. The van der Waals surface area contributed by atoms with Crippen LogP contribution in [0.25, 0.3) is 0 Å². The zero-order valence-corrected chi connectivity index (χ0v) is 13.1. The Balaban J connectivity index is 2.98. The summed E-state index contributed by atoms with van der Waals surface area (Å²) >= 11 is 0. The second-order valence-electron chi connectivity index (χ2n) is 4.31. The number of rotatable bonds is 7. The van der Waals surface area contributed by atoms with Gasteiger partial charge < -0.3 is 9.67 Å². The van der Waals surface area contributed by atoms with Gasteiger partial charge in [-0.15, -0.1) is 0 Å². The molecule has 9 heteroatoms. The first-order valence-corrected chi connectivity index (χ1v) is 9.04. The second kappa shape index (κ2) is 6.51. The first kappa shape index (κ1) is 16.9. The summed E-state index contributed by atoms with van der Waals surface area (Å²) in [7, 11) is -4.94. The fraction of sp³-hybridized carbons (Fsp3) is 0.545. The fourth-order valence-corrected chi connectivity index (χ4v) is 3.09. The van der Waals surface area contributed by atoms with E-state index in [-0.39, 0.29) is 22.4 Å². The number of aromatic carboxylic acids is 1. The van der Waals surface area contributed by atoms with E-state index in [2.05, 4.69) is 4.72 Å². The van der Waals surface area contributed by atoms with E-state index in [9.17, 15) is 17.4 Å². The van der Waals surface area contributed by atoms with E-state index in [0.717, 1.165) is 6.07 Å². The summed E-state index contributed by atoms with van der Waals surface area (Å²) in [4.78, 5) is 10.9. The number of carbonyl (C=O) groups is 1. The highest BCUT2D eigenvalue weighted by atomic mass is 32.2. The molecule has 0 saturated heterocycles. The Morgan fingerprint density at radius 3 is 2.55 bits per heavy atom. The number of aryl methyl sites for hydroxylation is 1. The SMILES string of the molecule is CCn1cc(S(=O)(=O)NCC(C)S(C)=O)cc1C(=O)O. The highest BCUT2D eigenvalue weighted by Gasteiger charge is 2.21. The van der Waals surface area contributed by atoms with Gasteiger partial charge in [-0.2, -0.15) is 0 Å². The number of carboxylic acid groups (broad SMARTS) is 1. The third-order valence-electron chi connectivity index (χ3n) is 2.87. The van der Waals surface area contributed by atoms with E-state index in [1.54, 1.807) is 13.8 Å². The van der Waals surface area contributed by atoms with E-state index in [1.165, 1.54) is 17.0 Å². The molecular formula is C11H18N2O5S2. The number of hydrogen-bond acceptors (Lipinski definition) is 4. The quantitative estimate of drug-likeness (QED) is 0.748. The molecule has 114 valence electrons. The maximum Gasteiger partial charge on any atom is 0.352 e. The van der Waals surface area contributed by atoms with Crippen LogP contribution in [0.1, 0.15) is 24.3 Å². The second-order valence-corrected chi connectivity index (χ2v) is 7.88.